The number of carboxylic acids is 1. The van der Waals surface area contributed by atoms with Gasteiger partial charge in [0.1, 0.15) is 5.82 Å². The highest BCUT2D eigenvalue weighted by molar-refractivity contribution is 7.93. The molecule has 2 aliphatic carbocycles. The second-order valence-electron chi connectivity index (χ2n) is 9.63. The van der Waals surface area contributed by atoms with E-state index in [9.17, 15) is 18.3 Å². The number of benzene rings is 1. The van der Waals surface area contributed by atoms with Crippen LogP contribution in [0.1, 0.15) is 58.7 Å². The van der Waals surface area contributed by atoms with Crippen molar-refractivity contribution in [2.24, 2.45) is 11.3 Å². The number of rotatable bonds is 6. The Morgan fingerprint density at radius 1 is 1.29 bits per heavy atom. The zero-order valence-electron chi connectivity index (χ0n) is 16.7. The Kier molecular flexibility index (Phi) is 4.38. The maximum Gasteiger partial charge on any atom is 0.325 e. The van der Waals surface area contributed by atoms with E-state index in [1.165, 1.54) is 12.8 Å². The van der Waals surface area contributed by atoms with Crippen molar-refractivity contribution in [2.45, 2.75) is 75.5 Å². The quantitative estimate of drug-likeness (QED) is 0.791. The van der Waals surface area contributed by atoms with Crippen molar-refractivity contribution in [3.05, 3.63) is 24.0 Å². The van der Waals surface area contributed by atoms with Crippen molar-refractivity contribution in [3.8, 4) is 0 Å². The number of imidazole rings is 1. The molecule has 7 heteroatoms. The molecule has 0 atom stereocenters. The number of carboxylic acid groups (broad SMARTS) is 1. The molecular formula is C21H28N2O4S. The van der Waals surface area contributed by atoms with Crippen LogP contribution in [0.3, 0.4) is 0 Å². The fraction of sp³-hybridized carbons (Fsp3) is 0.619. The van der Waals surface area contributed by atoms with Crippen LogP contribution in [-0.4, -0.2) is 33.8 Å². The molecule has 2 saturated carbocycles. The van der Waals surface area contributed by atoms with Crippen molar-refractivity contribution in [2.75, 3.05) is 0 Å². The number of nitrogens with zero attached hydrogens (tertiary/aromatic N) is 2. The third-order valence-electron chi connectivity index (χ3n) is 6.00. The zero-order valence-corrected chi connectivity index (χ0v) is 17.6. The van der Waals surface area contributed by atoms with Crippen LogP contribution in [-0.2, 0) is 27.6 Å². The molecule has 152 valence electrons. The molecule has 0 radical (unpaired) electrons. The van der Waals surface area contributed by atoms with Crippen molar-refractivity contribution in [1.29, 1.82) is 0 Å². The molecule has 4 rings (SSSR count). The smallest absolute Gasteiger partial charge is 0.325 e. The summed E-state index contributed by atoms with van der Waals surface area (Å²) in [6.45, 7) is 7.40. The normalized spacial score (nSPS) is 19.5. The first-order valence-electron chi connectivity index (χ1n) is 10.0. The van der Waals surface area contributed by atoms with Crippen LogP contribution in [0.4, 0.5) is 0 Å². The Labute approximate surface area is 165 Å². The summed E-state index contributed by atoms with van der Waals surface area (Å²) < 4.78 is 26.8. The van der Waals surface area contributed by atoms with E-state index in [0.717, 1.165) is 24.3 Å². The van der Waals surface area contributed by atoms with Crippen LogP contribution in [0.25, 0.3) is 11.0 Å². The first-order valence-corrected chi connectivity index (χ1v) is 11.5. The van der Waals surface area contributed by atoms with Gasteiger partial charge in [0, 0.05) is 13.0 Å². The van der Waals surface area contributed by atoms with Crippen LogP contribution in [0.5, 0.6) is 0 Å². The molecule has 1 heterocycles. The van der Waals surface area contributed by atoms with Gasteiger partial charge in [0.25, 0.3) is 0 Å². The molecule has 0 saturated heterocycles. The topological polar surface area (TPSA) is 89.3 Å². The molecule has 2 fully saturated rings. The highest BCUT2D eigenvalue weighted by Crippen LogP contribution is 2.43. The maximum atomic E-state index is 13.1. The minimum atomic E-state index is -3.95. The number of sulfone groups is 1. The average molecular weight is 405 g/mol. The molecule has 1 N–H and O–H groups in total. The van der Waals surface area contributed by atoms with Gasteiger partial charge in [-0.15, -0.1) is 0 Å². The van der Waals surface area contributed by atoms with Gasteiger partial charge in [0.15, 0.2) is 14.6 Å². The molecule has 6 nitrogen and oxygen atoms in total. The Morgan fingerprint density at radius 2 is 1.96 bits per heavy atom. The fourth-order valence-electron chi connectivity index (χ4n) is 4.02. The van der Waals surface area contributed by atoms with Crippen LogP contribution < -0.4 is 0 Å². The standard InChI is InChI=1S/C21H28N2O4S/c1-20(2,3)12-18-22-16-11-15(7-8-17(16)23(18)13-14-5-6-14)28(26,27)21(19(24)25)9-4-10-21/h7-8,11,14H,4-6,9-10,12-13H2,1-3H3,(H,24,25). The SMILES string of the molecule is CC(C)(C)Cc1nc2cc(S(=O)(=O)C3(C(=O)O)CCC3)ccc2n1CC1CC1. The number of hydrogen-bond donors (Lipinski definition) is 1. The molecule has 0 aliphatic heterocycles. The van der Waals surface area contributed by atoms with Crippen molar-refractivity contribution >= 4 is 26.8 Å². The summed E-state index contributed by atoms with van der Waals surface area (Å²) in [5.41, 5.74) is 1.64. The van der Waals surface area contributed by atoms with E-state index in [1.54, 1.807) is 18.2 Å². The van der Waals surface area contributed by atoms with E-state index in [2.05, 4.69) is 25.3 Å². The van der Waals surface area contributed by atoms with E-state index in [1.807, 2.05) is 0 Å². The van der Waals surface area contributed by atoms with Gasteiger partial charge >= 0.3 is 5.97 Å². The lowest BCUT2D eigenvalue weighted by atomic mass is 9.84. The summed E-state index contributed by atoms with van der Waals surface area (Å²) in [4.78, 5) is 16.6. The summed E-state index contributed by atoms with van der Waals surface area (Å²) in [6, 6.07) is 4.94. The lowest BCUT2D eigenvalue weighted by Crippen LogP contribution is -2.51. The minimum absolute atomic E-state index is 0.0663. The highest BCUT2D eigenvalue weighted by atomic mass is 32.2. The van der Waals surface area contributed by atoms with Gasteiger partial charge in [-0.05, 0) is 61.6 Å². The summed E-state index contributed by atoms with van der Waals surface area (Å²) >= 11 is 0. The Bertz CT molecular complexity index is 1040. The lowest BCUT2D eigenvalue weighted by molar-refractivity contribution is -0.142. The van der Waals surface area contributed by atoms with Crippen molar-refractivity contribution in [3.63, 3.8) is 0 Å². The van der Waals surface area contributed by atoms with Gasteiger partial charge in [-0.2, -0.15) is 0 Å². The van der Waals surface area contributed by atoms with E-state index < -0.39 is 20.6 Å². The third-order valence-corrected chi connectivity index (χ3v) is 8.49. The summed E-state index contributed by atoms with van der Waals surface area (Å²) in [6.07, 6.45) is 4.22. The van der Waals surface area contributed by atoms with E-state index >= 15 is 0 Å². The van der Waals surface area contributed by atoms with E-state index in [0.29, 0.717) is 17.9 Å². The second-order valence-corrected chi connectivity index (χ2v) is 11.9. The molecule has 0 unspecified atom stereocenters. The second kappa shape index (κ2) is 6.31. The molecule has 1 aromatic heterocycles. The van der Waals surface area contributed by atoms with Crippen LogP contribution in [0.15, 0.2) is 23.1 Å². The average Bonchev–Trinajstić information content (AvgIpc) is 3.27. The van der Waals surface area contributed by atoms with Crippen molar-refractivity contribution < 1.29 is 18.3 Å². The molecule has 2 aromatic rings. The predicted octanol–water partition coefficient (Wildman–Crippen LogP) is 3.82. The Morgan fingerprint density at radius 3 is 2.46 bits per heavy atom. The Hall–Kier alpha value is -1.89. The molecule has 28 heavy (non-hydrogen) atoms. The lowest BCUT2D eigenvalue weighted by Gasteiger charge is -2.36. The van der Waals surface area contributed by atoms with Crippen LogP contribution in [0.2, 0.25) is 0 Å². The molecule has 1 aromatic carbocycles. The molecule has 0 amide bonds. The van der Waals surface area contributed by atoms with Crippen LogP contribution >= 0.6 is 0 Å². The summed E-state index contributed by atoms with van der Waals surface area (Å²) in [5, 5.41) is 9.58. The van der Waals surface area contributed by atoms with Crippen molar-refractivity contribution in [1.82, 2.24) is 9.55 Å². The number of fused-ring (bicyclic) bond motifs is 1. The first kappa shape index (κ1) is 19.4. The third kappa shape index (κ3) is 3.13. The summed E-state index contributed by atoms with van der Waals surface area (Å²) in [5.74, 6) is 0.400. The van der Waals surface area contributed by atoms with E-state index in [4.69, 9.17) is 4.98 Å². The Balaban J connectivity index is 1.80. The van der Waals surface area contributed by atoms with E-state index in [-0.39, 0.29) is 23.2 Å². The van der Waals surface area contributed by atoms with Gasteiger partial charge in [-0.1, -0.05) is 20.8 Å². The molecule has 0 bridgehead atoms. The van der Waals surface area contributed by atoms with Gasteiger partial charge < -0.3 is 9.67 Å². The number of hydrogen-bond acceptors (Lipinski definition) is 4. The monoisotopic (exact) mass is 404 g/mol. The fourth-order valence-corrected chi connectivity index (χ4v) is 6.04. The first-order chi connectivity index (χ1) is 13.0. The largest absolute Gasteiger partial charge is 0.480 e. The molecular weight excluding hydrogens is 376 g/mol. The van der Waals surface area contributed by atoms with Gasteiger partial charge in [0.2, 0.25) is 0 Å². The predicted molar refractivity (Wildman–Crippen MR) is 107 cm³/mol. The minimum Gasteiger partial charge on any atom is -0.480 e. The number of aliphatic carboxylic acids is 1. The highest BCUT2D eigenvalue weighted by Gasteiger charge is 2.56. The maximum absolute atomic E-state index is 13.1. The number of aromatic nitrogens is 2. The van der Waals surface area contributed by atoms with Crippen LogP contribution in [0, 0.1) is 11.3 Å². The van der Waals surface area contributed by atoms with Gasteiger partial charge in [0.05, 0.1) is 15.9 Å². The zero-order chi connectivity index (χ0) is 20.3. The van der Waals surface area contributed by atoms with Gasteiger partial charge in [-0.25, -0.2) is 13.4 Å². The number of carbonyl (C=O) groups is 1. The summed E-state index contributed by atoms with van der Waals surface area (Å²) in [7, 11) is -3.95. The molecule has 2 aliphatic rings. The molecule has 0 spiro atoms. The van der Waals surface area contributed by atoms with Gasteiger partial charge in [-0.3, -0.25) is 4.79 Å².